The van der Waals surface area contributed by atoms with Gasteiger partial charge in [0.2, 0.25) is 0 Å². The zero-order chi connectivity index (χ0) is 18.7. The Balaban J connectivity index is 2.48. The summed E-state index contributed by atoms with van der Waals surface area (Å²) in [6.45, 7) is 3.20. The summed E-state index contributed by atoms with van der Waals surface area (Å²) >= 11 is 0. The number of carboxylic acid groups (broad SMARTS) is 2. The average Bonchev–Trinajstić information content (AvgIpc) is 2.53. The number of aliphatic carboxylic acids is 2. The maximum Gasteiger partial charge on any atom is 0.333 e. The molecule has 2 rings (SSSR count). The Morgan fingerprint density at radius 1 is 1.12 bits per heavy atom. The summed E-state index contributed by atoms with van der Waals surface area (Å²) in [5, 5.41) is 19.1. The molecule has 0 amide bonds. The van der Waals surface area contributed by atoms with Crippen LogP contribution in [0.3, 0.4) is 0 Å². The molecule has 0 aromatic heterocycles. The number of carboxylic acids is 2. The maximum atomic E-state index is 11.7. The van der Waals surface area contributed by atoms with Crippen molar-refractivity contribution in [3.8, 4) is 11.5 Å². The van der Waals surface area contributed by atoms with E-state index in [2.05, 4.69) is 4.99 Å². The first-order valence-corrected chi connectivity index (χ1v) is 7.73. The molecule has 1 aliphatic heterocycles. The average molecular weight is 347 g/mol. The Kier molecular flexibility index (Phi) is 5.46. The minimum atomic E-state index is -1.15. The first-order valence-electron chi connectivity index (χ1n) is 7.73. The lowest BCUT2D eigenvalue weighted by Crippen LogP contribution is -2.37. The van der Waals surface area contributed by atoms with Crippen LogP contribution in [-0.2, 0) is 16.0 Å². The van der Waals surface area contributed by atoms with Crippen molar-refractivity contribution in [2.75, 3.05) is 14.2 Å². The summed E-state index contributed by atoms with van der Waals surface area (Å²) in [6, 6.07) is 5.22. The van der Waals surface area contributed by atoms with Gasteiger partial charge in [0.05, 0.1) is 19.8 Å². The van der Waals surface area contributed by atoms with Crippen molar-refractivity contribution in [2.45, 2.75) is 20.3 Å². The van der Waals surface area contributed by atoms with Crippen LogP contribution >= 0.6 is 0 Å². The molecule has 2 N–H and O–H groups in total. The second kappa shape index (κ2) is 7.38. The number of aliphatic imine (C=N–C) groups is 1. The normalized spacial score (nSPS) is 20.1. The third-order valence-electron chi connectivity index (χ3n) is 4.36. The highest BCUT2D eigenvalue weighted by molar-refractivity contribution is 6.04. The van der Waals surface area contributed by atoms with Crippen molar-refractivity contribution < 1.29 is 29.3 Å². The van der Waals surface area contributed by atoms with Crippen molar-refractivity contribution in [3.63, 3.8) is 0 Å². The van der Waals surface area contributed by atoms with Gasteiger partial charge in [-0.05, 0) is 38.0 Å². The van der Waals surface area contributed by atoms with Crippen molar-refractivity contribution in [2.24, 2.45) is 16.8 Å². The topological polar surface area (TPSA) is 105 Å². The van der Waals surface area contributed by atoms with Crippen LogP contribution in [0.5, 0.6) is 11.5 Å². The predicted molar refractivity (Wildman–Crippen MR) is 91.3 cm³/mol. The fraction of sp³-hybridized carbons (Fsp3) is 0.389. The van der Waals surface area contributed by atoms with Gasteiger partial charge in [0.15, 0.2) is 11.5 Å². The lowest BCUT2D eigenvalue weighted by Gasteiger charge is -2.29. The Bertz CT molecular complexity index is 765. The van der Waals surface area contributed by atoms with Crippen LogP contribution in [0, 0.1) is 11.8 Å². The van der Waals surface area contributed by atoms with Gasteiger partial charge < -0.3 is 19.7 Å². The smallest absolute Gasteiger partial charge is 0.333 e. The number of hydrogen-bond acceptors (Lipinski definition) is 5. The molecule has 1 aromatic carbocycles. The predicted octanol–water partition coefficient (Wildman–Crippen LogP) is 2.40. The standard InChI is InChI=1S/C18H21NO6/c1-9-15(17(20)21)12(16(18(22)23)10(2)19-9)7-11-5-6-13(24-3)14(8-11)25-4/h5-6,8,12,15H,7H2,1-4H3,(H,20,21)(H,22,23). The number of ether oxygens (including phenoxy) is 2. The Hall–Kier alpha value is -2.83. The molecular weight excluding hydrogens is 326 g/mol. The fourth-order valence-corrected chi connectivity index (χ4v) is 3.27. The van der Waals surface area contributed by atoms with Gasteiger partial charge in [-0.2, -0.15) is 0 Å². The Labute approximate surface area is 145 Å². The van der Waals surface area contributed by atoms with Crippen molar-refractivity contribution >= 4 is 17.7 Å². The monoisotopic (exact) mass is 347 g/mol. The largest absolute Gasteiger partial charge is 0.493 e. The molecule has 7 heteroatoms. The first kappa shape index (κ1) is 18.5. The lowest BCUT2D eigenvalue weighted by molar-refractivity contribution is -0.141. The SMILES string of the molecule is COc1ccc(CC2C(C(=O)O)=C(C)N=C(C)C2C(=O)O)cc1OC. The molecule has 0 aliphatic carbocycles. The van der Waals surface area contributed by atoms with Gasteiger partial charge in [-0.3, -0.25) is 9.79 Å². The highest BCUT2D eigenvalue weighted by atomic mass is 16.5. The van der Waals surface area contributed by atoms with E-state index < -0.39 is 23.8 Å². The number of methoxy groups -OCH3 is 2. The molecule has 0 saturated heterocycles. The highest BCUT2D eigenvalue weighted by Gasteiger charge is 2.40. The van der Waals surface area contributed by atoms with Crippen LogP contribution < -0.4 is 9.47 Å². The van der Waals surface area contributed by atoms with E-state index in [1.807, 2.05) is 0 Å². The molecule has 0 fully saturated rings. The summed E-state index contributed by atoms with van der Waals surface area (Å²) in [5.74, 6) is -2.88. The molecule has 0 radical (unpaired) electrons. The first-order chi connectivity index (χ1) is 11.8. The number of allylic oxidation sites excluding steroid dienone is 1. The lowest BCUT2D eigenvalue weighted by atomic mass is 9.76. The van der Waals surface area contributed by atoms with Gasteiger partial charge in [0, 0.05) is 17.3 Å². The molecule has 0 bridgehead atoms. The van der Waals surface area contributed by atoms with E-state index in [0.717, 1.165) is 5.56 Å². The molecule has 1 heterocycles. The number of hydrogen-bond donors (Lipinski definition) is 2. The number of nitrogens with zero attached hydrogens (tertiary/aromatic N) is 1. The minimum absolute atomic E-state index is 0.0350. The van der Waals surface area contributed by atoms with E-state index in [4.69, 9.17) is 9.47 Å². The molecule has 0 saturated carbocycles. The molecule has 134 valence electrons. The van der Waals surface area contributed by atoms with E-state index in [0.29, 0.717) is 22.9 Å². The van der Waals surface area contributed by atoms with Gasteiger partial charge in [0.25, 0.3) is 0 Å². The second-order valence-electron chi connectivity index (χ2n) is 5.87. The van der Waals surface area contributed by atoms with Crippen molar-refractivity contribution in [3.05, 3.63) is 35.0 Å². The summed E-state index contributed by atoms with van der Waals surface area (Å²) in [5.41, 5.74) is 1.54. The zero-order valence-corrected chi connectivity index (χ0v) is 14.6. The van der Waals surface area contributed by atoms with E-state index in [1.54, 1.807) is 32.0 Å². The molecule has 1 aliphatic rings. The molecule has 1 aromatic rings. The van der Waals surface area contributed by atoms with Crippen LogP contribution in [0.4, 0.5) is 0 Å². The van der Waals surface area contributed by atoms with Crippen LogP contribution in [-0.4, -0.2) is 42.1 Å². The van der Waals surface area contributed by atoms with E-state index >= 15 is 0 Å². The van der Waals surface area contributed by atoms with Crippen LogP contribution in [0.15, 0.2) is 34.5 Å². The third kappa shape index (κ3) is 3.65. The van der Waals surface area contributed by atoms with Crippen LogP contribution in [0.1, 0.15) is 19.4 Å². The number of benzene rings is 1. The summed E-state index contributed by atoms with van der Waals surface area (Å²) in [6.07, 6.45) is 0.239. The summed E-state index contributed by atoms with van der Waals surface area (Å²) in [4.78, 5) is 27.6. The molecule has 2 atom stereocenters. The van der Waals surface area contributed by atoms with Gasteiger partial charge in [0.1, 0.15) is 5.92 Å². The van der Waals surface area contributed by atoms with Gasteiger partial charge in [-0.25, -0.2) is 4.79 Å². The quantitative estimate of drug-likeness (QED) is 0.818. The summed E-state index contributed by atoms with van der Waals surface area (Å²) < 4.78 is 10.5. The van der Waals surface area contributed by atoms with E-state index in [9.17, 15) is 19.8 Å². The highest BCUT2D eigenvalue weighted by Crippen LogP contribution is 2.36. The number of rotatable bonds is 6. The van der Waals surface area contributed by atoms with Crippen LogP contribution in [0.2, 0.25) is 0 Å². The van der Waals surface area contributed by atoms with Crippen molar-refractivity contribution in [1.82, 2.24) is 0 Å². The number of carbonyl (C=O) groups is 2. The molecule has 0 spiro atoms. The Morgan fingerprint density at radius 2 is 1.76 bits per heavy atom. The molecule has 2 unspecified atom stereocenters. The maximum absolute atomic E-state index is 11.7. The Morgan fingerprint density at radius 3 is 2.28 bits per heavy atom. The second-order valence-corrected chi connectivity index (χ2v) is 5.87. The summed E-state index contributed by atoms with van der Waals surface area (Å²) in [7, 11) is 3.03. The molecule has 7 nitrogen and oxygen atoms in total. The molecule has 25 heavy (non-hydrogen) atoms. The molecular formula is C18H21NO6. The van der Waals surface area contributed by atoms with E-state index in [1.165, 1.54) is 14.2 Å². The third-order valence-corrected chi connectivity index (χ3v) is 4.36. The van der Waals surface area contributed by atoms with E-state index in [-0.39, 0.29) is 12.0 Å². The zero-order valence-electron chi connectivity index (χ0n) is 14.6. The van der Waals surface area contributed by atoms with Gasteiger partial charge >= 0.3 is 11.9 Å². The van der Waals surface area contributed by atoms with Gasteiger partial charge in [-0.15, -0.1) is 0 Å². The minimum Gasteiger partial charge on any atom is -0.493 e. The van der Waals surface area contributed by atoms with Crippen LogP contribution in [0.25, 0.3) is 0 Å². The van der Waals surface area contributed by atoms with Crippen molar-refractivity contribution in [1.29, 1.82) is 0 Å². The fourth-order valence-electron chi connectivity index (χ4n) is 3.27. The van der Waals surface area contributed by atoms with Gasteiger partial charge in [-0.1, -0.05) is 6.07 Å².